The van der Waals surface area contributed by atoms with Crippen LogP contribution in [0.4, 0.5) is 0 Å². The Hall–Kier alpha value is -2.54. The maximum atomic E-state index is 12.3. The summed E-state index contributed by atoms with van der Waals surface area (Å²) in [4.78, 5) is 15.5. The van der Waals surface area contributed by atoms with Gasteiger partial charge in [0, 0.05) is 42.2 Å². The number of aromatic nitrogens is 2. The molecule has 2 heterocycles. The summed E-state index contributed by atoms with van der Waals surface area (Å²) in [7, 11) is -1.68. The van der Waals surface area contributed by atoms with E-state index in [-0.39, 0.29) is 16.6 Å². The maximum absolute atomic E-state index is 12.3. The van der Waals surface area contributed by atoms with Gasteiger partial charge in [-0.1, -0.05) is 0 Å². The van der Waals surface area contributed by atoms with Gasteiger partial charge >= 0.3 is 0 Å². The first-order valence-corrected chi connectivity index (χ1v) is 10.4. The number of ether oxygens (including phenoxy) is 1. The van der Waals surface area contributed by atoms with Crippen LogP contribution < -0.4 is 10.3 Å². The quantitative estimate of drug-likeness (QED) is 0.764. The van der Waals surface area contributed by atoms with Crippen LogP contribution in [0.3, 0.4) is 0 Å². The highest BCUT2D eigenvalue weighted by molar-refractivity contribution is 7.90. The summed E-state index contributed by atoms with van der Waals surface area (Å²) in [5.74, 6) is 0.642. The Labute approximate surface area is 151 Å². The average molecular weight is 372 g/mol. The first kappa shape index (κ1) is 16.9. The van der Waals surface area contributed by atoms with E-state index < -0.39 is 9.84 Å². The number of nitrogens with zero attached hydrogens (tertiary/aromatic N) is 1. The Balaban J connectivity index is 1.98. The number of H-pyrrole nitrogens is 1. The summed E-state index contributed by atoms with van der Waals surface area (Å²) < 4.78 is 31.7. The van der Waals surface area contributed by atoms with Crippen molar-refractivity contribution in [1.82, 2.24) is 9.55 Å². The third kappa shape index (κ3) is 2.82. The minimum absolute atomic E-state index is 0.130. The van der Waals surface area contributed by atoms with Gasteiger partial charge in [0.25, 0.3) is 5.56 Å². The minimum atomic E-state index is -3.36. The summed E-state index contributed by atoms with van der Waals surface area (Å²) in [5.41, 5.74) is 1.81. The molecule has 1 saturated carbocycles. The van der Waals surface area contributed by atoms with Crippen molar-refractivity contribution in [2.24, 2.45) is 7.05 Å². The maximum Gasteiger partial charge on any atom is 0.274 e. The van der Waals surface area contributed by atoms with Gasteiger partial charge in [-0.25, -0.2) is 8.42 Å². The highest BCUT2D eigenvalue weighted by Gasteiger charge is 2.23. The molecule has 0 unspecified atom stereocenters. The van der Waals surface area contributed by atoms with Crippen LogP contribution in [0.2, 0.25) is 0 Å². The molecule has 7 heteroatoms. The Bertz CT molecular complexity index is 1150. The van der Waals surface area contributed by atoms with Crippen molar-refractivity contribution in [3.63, 3.8) is 0 Å². The molecule has 0 saturated heterocycles. The summed E-state index contributed by atoms with van der Waals surface area (Å²) in [6.45, 7) is 0. The zero-order valence-corrected chi connectivity index (χ0v) is 15.5. The lowest BCUT2D eigenvalue weighted by molar-refractivity contribution is 0.121. The molecule has 0 aliphatic heterocycles. The van der Waals surface area contributed by atoms with E-state index in [9.17, 15) is 13.2 Å². The molecule has 0 spiro atoms. The van der Waals surface area contributed by atoms with Crippen LogP contribution in [-0.4, -0.2) is 30.3 Å². The van der Waals surface area contributed by atoms with Crippen LogP contribution in [0.1, 0.15) is 19.3 Å². The Morgan fingerprint density at radius 1 is 1.19 bits per heavy atom. The number of pyridine rings is 1. The third-order valence-electron chi connectivity index (χ3n) is 4.91. The van der Waals surface area contributed by atoms with E-state index in [0.29, 0.717) is 16.8 Å². The highest BCUT2D eigenvalue weighted by atomic mass is 32.2. The SMILES string of the molecule is Cn1cc(-c2cc(S(C)(=O)=O)ccc2OC2CCC2)c2cc[nH]c2c1=O. The van der Waals surface area contributed by atoms with Crippen LogP contribution in [0.25, 0.3) is 22.0 Å². The number of benzene rings is 1. The Kier molecular flexibility index (Phi) is 3.91. The van der Waals surface area contributed by atoms with E-state index in [2.05, 4.69) is 4.98 Å². The molecule has 3 aromatic rings. The van der Waals surface area contributed by atoms with Gasteiger partial charge in [0.2, 0.25) is 0 Å². The molecule has 136 valence electrons. The van der Waals surface area contributed by atoms with E-state index >= 15 is 0 Å². The van der Waals surface area contributed by atoms with Crippen LogP contribution >= 0.6 is 0 Å². The Morgan fingerprint density at radius 2 is 1.96 bits per heavy atom. The van der Waals surface area contributed by atoms with Gasteiger partial charge in [0.1, 0.15) is 11.3 Å². The van der Waals surface area contributed by atoms with E-state index in [4.69, 9.17) is 4.74 Å². The first-order chi connectivity index (χ1) is 12.3. The van der Waals surface area contributed by atoms with Gasteiger partial charge in [-0.3, -0.25) is 4.79 Å². The largest absolute Gasteiger partial charge is 0.490 e. The number of nitrogens with one attached hydrogen (secondary N) is 1. The molecule has 2 aromatic heterocycles. The lowest BCUT2D eigenvalue weighted by Crippen LogP contribution is -2.25. The number of aromatic amines is 1. The molecular weight excluding hydrogens is 352 g/mol. The zero-order chi connectivity index (χ0) is 18.5. The average Bonchev–Trinajstić information content (AvgIpc) is 3.03. The monoisotopic (exact) mass is 372 g/mol. The van der Waals surface area contributed by atoms with Gasteiger partial charge in [-0.2, -0.15) is 0 Å². The lowest BCUT2D eigenvalue weighted by atomic mass is 9.95. The number of aryl methyl sites for hydroxylation is 1. The second kappa shape index (κ2) is 6.02. The number of sulfone groups is 1. The fraction of sp³-hybridized carbons (Fsp3) is 0.316. The minimum Gasteiger partial charge on any atom is -0.490 e. The second-order valence-electron chi connectivity index (χ2n) is 6.83. The fourth-order valence-electron chi connectivity index (χ4n) is 3.20. The second-order valence-corrected chi connectivity index (χ2v) is 8.84. The predicted octanol–water partition coefficient (Wildman–Crippen LogP) is 2.87. The first-order valence-electron chi connectivity index (χ1n) is 8.52. The van der Waals surface area contributed by atoms with Crippen molar-refractivity contribution in [3.8, 4) is 16.9 Å². The molecule has 1 aromatic carbocycles. The fourth-order valence-corrected chi connectivity index (χ4v) is 3.85. The molecule has 0 amide bonds. The van der Waals surface area contributed by atoms with E-state index in [1.807, 2.05) is 6.07 Å². The summed E-state index contributed by atoms with van der Waals surface area (Å²) in [6.07, 6.45) is 7.93. The highest BCUT2D eigenvalue weighted by Crippen LogP contribution is 2.38. The molecule has 26 heavy (non-hydrogen) atoms. The zero-order valence-electron chi connectivity index (χ0n) is 14.7. The lowest BCUT2D eigenvalue weighted by Gasteiger charge is -2.28. The van der Waals surface area contributed by atoms with E-state index in [1.165, 1.54) is 10.8 Å². The van der Waals surface area contributed by atoms with Crippen LogP contribution in [0.15, 0.2) is 46.3 Å². The van der Waals surface area contributed by atoms with Crippen LogP contribution in [-0.2, 0) is 16.9 Å². The summed E-state index contributed by atoms with van der Waals surface area (Å²) in [5, 5.41) is 0.747. The van der Waals surface area contributed by atoms with Crippen LogP contribution in [0, 0.1) is 0 Å². The topological polar surface area (TPSA) is 81.2 Å². The molecule has 1 fully saturated rings. The van der Waals surface area contributed by atoms with Gasteiger partial charge in [0.15, 0.2) is 9.84 Å². The molecule has 1 aliphatic carbocycles. The summed E-state index contributed by atoms with van der Waals surface area (Å²) >= 11 is 0. The molecule has 6 nitrogen and oxygen atoms in total. The van der Waals surface area contributed by atoms with E-state index in [0.717, 1.165) is 30.2 Å². The van der Waals surface area contributed by atoms with Crippen LogP contribution in [0.5, 0.6) is 5.75 Å². The molecule has 4 rings (SSSR count). The van der Waals surface area contributed by atoms with Crippen molar-refractivity contribution in [3.05, 3.63) is 47.0 Å². The summed E-state index contributed by atoms with van der Waals surface area (Å²) in [6, 6.07) is 6.75. The van der Waals surface area contributed by atoms with Crippen molar-refractivity contribution in [2.75, 3.05) is 6.26 Å². The standard InChI is InChI=1S/C19H20N2O4S/c1-21-11-16(14-8-9-20-18(14)19(21)22)15-10-13(26(2,23)24)6-7-17(15)25-12-4-3-5-12/h6-12,20H,3-5H2,1-2H3. The van der Waals surface area contributed by atoms with Crippen molar-refractivity contribution < 1.29 is 13.2 Å². The molecule has 0 bridgehead atoms. The molecule has 0 radical (unpaired) electrons. The van der Waals surface area contributed by atoms with Crippen molar-refractivity contribution in [1.29, 1.82) is 0 Å². The van der Waals surface area contributed by atoms with Crippen molar-refractivity contribution in [2.45, 2.75) is 30.3 Å². The molecule has 0 atom stereocenters. The normalized spacial score (nSPS) is 15.2. The van der Waals surface area contributed by atoms with Gasteiger partial charge < -0.3 is 14.3 Å². The van der Waals surface area contributed by atoms with Gasteiger partial charge in [-0.15, -0.1) is 0 Å². The third-order valence-corrected chi connectivity index (χ3v) is 6.02. The number of fused-ring (bicyclic) bond motifs is 1. The Morgan fingerprint density at radius 3 is 2.62 bits per heavy atom. The molecule has 1 aliphatic rings. The number of hydrogen-bond donors (Lipinski definition) is 1. The smallest absolute Gasteiger partial charge is 0.274 e. The predicted molar refractivity (Wildman–Crippen MR) is 100 cm³/mol. The number of rotatable bonds is 4. The molecule has 1 N–H and O–H groups in total. The van der Waals surface area contributed by atoms with E-state index in [1.54, 1.807) is 37.6 Å². The van der Waals surface area contributed by atoms with Gasteiger partial charge in [0.05, 0.1) is 11.0 Å². The number of hydrogen-bond acceptors (Lipinski definition) is 4. The molecular formula is C19H20N2O4S. The van der Waals surface area contributed by atoms with Crippen molar-refractivity contribution >= 4 is 20.7 Å². The van der Waals surface area contributed by atoms with Gasteiger partial charge in [-0.05, 0) is 43.5 Å².